The van der Waals surface area contributed by atoms with Crippen molar-refractivity contribution in [2.75, 3.05) is 13.6 Å². The number of hydrogen-bond donors (Lipinski definition) is 0. The summed E-state index contributed by atoms with van der Waals surface area (Å²) in [5.41, 5.74) is 0.508. The number of nitrogens with zero attached hydrogens (tertiary/aromatic N) is 1. The summed E-state index contributed by atoms with van der Waals surface area (Å²) >= 11 is 0. The summed E-state index contributed by atoms with van der Waals surface area (Å²) in [5.74, 6) is 0. The molecule has 0 aliphatic carbocycles. The highest BCUT2D eigenvalue weighted by Crippen LogP contribution is 2.39. The first-order valence-electron chi connectivity index (χ1n) is 4.79. The second kappa shape index (κ2) is 2.48. The van der Waals surface area contributed by atoms with Crippen LogP contribution in [0.3, 0.4) is 0 Å². The number of rotatable bonds is 1. The first kappa shape index (κ1) is 9.05. The quantitative estimate of drug-likeness (QED) is 0.511. The molecule has 1 saturated heterocycles. The van der Waals surface area contributed by atoms with Gasteiger partial charge in [0, 0.05) is 12.8 Å². The van der Waals surface area contributed by atoms with Crippen LogP contribution in [0.5, 0.6) is 0 Å². The lowest BCUT2D eigenvalue weighted by molar-refractivity contribution is -0.960. The van der Waals surface area contributed by atoms with Crippen molar-refractivity contribution >= 4 is 0 Å². The van der Waals surface area contributed by atoms with Crippen molar-refractivity contribution in [2.45, 2.75) is 52.1 Å². The van der Waals surface area contributed by atoms with Gasteiger partial charge in [0.1, 0.15) is 0 Å². The zero-order valence-electron chi connectivity index (χ0n) is 8.65. The molecule has 11 heavy (non-hydrogen) atoms. The van der Waals surface area contributed by atoms with Crippen LogP contribution >= 0.6 is 0 Å². The molecule has 1 rings (SSSR count). The Kier molecular flexibility index (Phi) is 2.04. The molecule has 66 valence electrons. The first-order valence-corrected chi connectivity index (χ1v) is 4.79. The lowest BCUT2D eigenvalue weighted by Gasteiger charge is -2.44. The van der Waals surface area contributed by atoms with Gasteiger partial charge in [-0.2, -0.15) is 0 Å². The Hall–Kier alpha value is -0.0400. The van der Waals surface area contributed by atoms with E-state index in [0.717, 1.165) is 6.04 Å². The standard InChI is InChI=1S/C10H22N/c1-6-11(5)9(2)7-8-10(11,3)4/h9H,6-8H2,1-5H3/q+1. The van der Waals surface area contributed by atoms with E-state index in [2.05, 4.69) is 34.7 Å². The fourth-order valence-electron chi connectivity index (χ4n) is 2.44. The Balaban J connectivity index is 2.88. The third-order valence-electron chi connectivity index (χ3n) is 4.19. The van der Waals surface area contributed by atoms with Crippen LogP contribution in [0.2, 0.25) is 0 Å². The minimum Gasteiger partial charge on any atom is -0.320 e. The summed E-state index contributed by atoms with van der Waals surface area (Å²) in [6, 6.07) is 0.856. The predicted octanol–water partition coefficient (Wildman–Crippen LogP) is 2.41. The van der Waals surface area contributed by atoms with Crippen molar-refractivity contribution in [3.05, 3.63) is 0 Å². The van der Waals surface area contributed by atoms with Gasteiger partial charge in [0.05, 0.1) is 25.2 Å². The molecule has 0 saturated carbocycles. The summed E-state index contributed by atoms with van der Waals surface area (Å²) < 4.78 is 1.26. The number of hydrogen-bond acceptors (Lipinski definition) is 0. The maximum atomic E-state index is 2.40. The highest BCUT2D eigenvalue weighted by atomic mass is 15.4. The summed E-state index contributed by atoms with van der Waals surface area (Å²) in [4.78, 5) is 0. The lowest BCUT2D eigenvalue weighted by Crippen LogP contribution is -2.57. The summed E-state index contributed by atoms with van der Waals surface area (Å²) in [6.45, 7) is 10.8. The van der Waals surface area contributed by atoms with Gasteiger partial charge in [0.2, 0.25) is 0 Å². The Bertz CT molecular complexity index is 151. The van der Waals surface area contributed by atoms with Gasteiger partial charge in [-0.05, 0) is 27.7 Å². The minimum absolute atomic E-state index is 0.508. The van der Waals surface area contributed by atoms with Gasteiger partial charge in [-0.3, -0.25) is 0 Å². The molecule has 1 aliphatic heterocycles. The van der Waals surface area contributed by atoms with Gasteiger partial charge in [0.15, 0.2) is 0 Å². The highest BCUT2D eigenvalue weighted by molar-refractivity contribution is 4.80. The molecule has 2 atom stereocenters. The van der Waals surface area contributed by atoms with E-state index in [9.17, 15) is 0 Å². The molecule has 1 heterocycles. The largest absolute Gasteiger partial charge is 0.320 e. The van der Waals surface area contributed by atoms with Crippen LogP contribution < -0.4 is 0 Å². The third-order valence-corrected chi connectivity index (χ3v) is 4.19. The van der Waals surface area contributed by atoms with Crippen LogP contribution in [0, 0.1) is 0 Å². The topological polar surface area (TPSA) is 0 Å². The summed E-state index contributed by atoms with van der Waals surface area (Å²) in [6.07, 6.45) is 2.79. The monoisotopic (exact) mass is 156 g/mol. The van der Waals surface area contributed by atoms with Gasteiger partial charge < -0.3 is 4.48 Å². The van der Waals surface area contributed by atoms with E-state index in [1.807, 2.05) is 0 Å². The van der Waals surface area contributed by atoms with E-state index in [4.69, 9.17) is 0 Å². The smallest absolute Gasteiger partial charge is 0.0937 e. The summed E-state index contributed by atoms with van der Waals surface area (Å²) in [5, 5.41) is 0. The van der Waals surface area contributed by atoms with Crippen molar-refractivity contribution in [3.8, 4) is 0 Å². The summed E-state index contributed by atoms with van der Waals surface area (Å²) in [7, 11) is 2.40. The van der Waals surface area contributed by atoms with Crippen molar-refractivity contribution in [2.24, 2.45) is 0 Å². The van der Waals surface area contributed by atoms with Crippen LogP contribution in [0.15, 0.2) is 0 Å². The fourth-order valence-corrected chi connectivity index (χ4v) is 2.44. The van der Waals surface area contributed by atoms with E-state index in [0.29, 0.717) is 5.54 Å². The van der Waals surface area contributed by atoms with E-state index < -0.39 is 0 Å². The van der Waals surface area contributed by atoms with Crippen LogP contribution in [0.25, 0.3) is 0 Å². The Morgan fingerprint density at radius 3 is 2.18 bits per heavy atom. The van der Waals surface area contributed by atoms with Gasteiger partial charge >= 0.3 is 0 Å². The van der Waals surface area contributed by atoms with E-state index in [1.165, 1.54) is 23.9 Å². The normalized spacial score (nSPS) is 42.8. The second-order valence-corrected chi connectivity index (χ2v) is 4.78. The molecule has 2 unspecified atom stereocenters. The van der Waals surface area contributed by atoms with Gasteiger partial charge in [-0.1, -0.05) is 0 Å². The zero-order chi connectivity index (χ0) is 8.70. The number of likely N-dealkylation sites (tertiary alicyclic amines) is 1. The fraction of sp³-hybridized carbons (Fsp3) is 1.00. The Morgan fingerprint density at radius 1 is 1.45 bits per heavy atom. The molecule has 0 aromatic rings. The highest BCUT2D eigenvalue weighted by Gasteiger charge is 2.48. The van der Waals surface area contributed by atoms with Crippen molar-refractivity contribution in [3.63, 3.8) is 0 Å². The molecule has 0 bridgehead atoms. The van der Waals surface area contributed by atoms with Crippen LogP contribution in [0.1, 0.15) is 40.5 Å². The van der Waals surface area contributed by atoms with Gasteiger partial charge in [0.25, 0.3) is 0 Å². The Morgan fingerprint density at radius 2 is 2.00 bits per heavy atom. The molecule has 0 N–H and O–H groups in total. The van der Waals surface area contributed by atoms with Crippen LogP contribution in [-0.2, 0) is 0 Å². The number of quaternary nitrogens is 1. The molecular formula is C10H22N+. The molecule has 1 fully saturated rings. The Labute approximate surface area is 71.0 Å². The maximum Gasteiger partial charge on any atom is 0.0937 e. The van der Waals surface area contributed by atoms with Gasteiger partial charge in [-0.15, -0.1) is 0 Å². The molecular weight excluding hydrogens is 134 g/mol. The minimum atomic E-state index is 0.508. The predicted molar refractivity (Wildman–Crippen MR) is 49.5 cm³/mol. The average molecular weight is 156 g/mol. The van der Waals surface area contributed by atoms with Crippen molar-refractivity contribution < 1.29 is 4.48 Å². The third kappa shape index (κ3) is 1.10. The molecule has 1 heteroatoms. The van der Waals surface area contributed by atoms with Crippen molar-refractivity contribution in [1.29, 1.82) is 0 Å². The van der Waals surface area contributed by atoms with Crippen LogP contribution in [-0.4, -0.2) is 29.7 Å². The molecule has 0 amide bonds. The van der Waals surface area contributed by atoms with E-state index >= 15 is 0 Å². The van der Waals surface area contributed by atoms with Crippen molar-refractivity contribution in [1.82, 2.24) is 0 Å². The maximum absolute atomic E-state index is 2.40. The second-order valence-electron chi connectivity index (χ2n) is 4.78. The zero-order valence-corrected chi connectivity index (χ0v) is 8.65. The van der Waals surface area contributed by atoms with Gasteiger partial charge in [-0.25, -0.2) is 0 Å². The molecule has 1 nitrogen and oxygen atoms in total. The molecule has 0 aromatic heterocycles. The van der Waals surface area contributed by atoms with Crippen LogP contribution in [0.4, 0.5) is 0 Å². The molecule has 0 radical (unpaired) electrons. The van der Waals surface area contributed by atoms with E-state index in [-0.39, 0.29) is 0 Å². The van der Waals surface area contributed by atoms with E-state index in [1.54, 1.807) is 0 Å². The first-order chi connectivity index (χ1) is 4.94. The molecule has 0 spiro atoms. The molecule has 1 aliphatic rings. The lowest BCUT2D eigenvalue weighted by atomic mass is 10.0. The molecule has 0 aromatic carbocycles. The SMILES string of the molecule is CC[N+]1(C)C(C)CCC1(C)C. The average Bonchev–Trinajstić information content (AvgIpc) is 2.15.